The summed E-state index contributed by atoms with van der Waals surface area (Å²) in [7, 11) is 3.44. The van der Waals surface area contributed by atoms with Crippen LogP contribution in [-0.4, -0.2) is 82.2 Å². The number of hydrogen-bond donors (Lipinski definition) is 2. The maximum absolute atomic E-state index is 11.9. The third-order valence-corrected chi connectivity index (χ3v) is 3.52. The molecule has 1 fully saturated rings. The van der Waals surface area contributed by atoms with Gasteiger partial charge in [0.2, 0.25) is 0 Å². The summed E-state index contributed by atoms with van der Waals surface area (Å²) in [6, 6.07) is 0. The predicted octanol–water partition coefficient (Wildman–Crippen LogP) is 1.83. The first kappa shape index (κ1) is 25.2. The van der Waals surface area contributed by atoms with E-state index in [1.807, 2.05) is 20.8 Å². The highest BCUT2D eigenvalue weighted by molar-refractivity contribution is 14.0. The Morgan fingerprint density at radius 3 is 2.58 bits per heavy atom. The van der Waals surface area contributed by atoms with Gasteiger partial charge in [-0.05, 0) is 33.6 Å². The van der Waals surface area contributed by atoms with E-state index < -0.39 is 5.60 Å². The first-order chi connectivity index (χ1) is 11.8. The molecule has 0 saturated carbocycles. The largest absolute Gasteiger partial charge is 0.444 e. The van der Waals surface area contributed by atoms with Crippen molar-refractivity contribution in [2.24, 2.45) is 4.99 Å². The number of amides is 1. The van der Waals surface area contributed by atoms with Gasteiger partial charge in [0.25, 0.3) is 0 Å². The van der Waals surface area contributed by atoms with Crippen LogP contribution in [0.3, 0.4) is 0 Å². The van der Waals surface area contributed by atoms with Gasteiger partial charge in [-0.1, -0.05) is 0 Å². The molecule has 0 aromatic carbocycles. The van der Waals surface area contributed by atoms with E-state index >= 15 is 0 Å². The normalized spacial score (nSPS) is 17.4. The molecule has 0 aromatic rings. The summed E-state index contributed by atoms with van der Waals surface area (Å²) >= 11 is 0. The standard InChI is InChI=1S/C17H34N4O4.HI/c1-17(2,3)25-16(22)21(5)10-9-20-15(18-4)19-8-6-11-24-14-7-12-23-13-14;/h14H,6-13H2,1-5H3,(H2,18,19,20);1H. The molecule has 1 heterocycles. The van der Waals surface area contributed by atoms with Crippen molar-refractivity contribution in [1.82, 2.24) is 15.5 Å². The monoisotopic (exact) mass is 486 g/mol. The topological polar surface area (TPSA) is 84.4 Å². The lowest BCUT2D eigenvalue weighted by Gasteiger charge is -2.24. The molecular weight excluding hydrogens is 451 g/mol. The molecule has 0 bridgehead atoms. The fourth-order valence-electron chi connectivity index (χ4n) is 2.17. The Morgan fingerprint density at radius 1 is 1.31 bits per heavy atom. The van der Waals surface area contributed by atoms with Crippen molar-refractivity contribution in [2.75, 3.05) is 53.6 Å². The van der Waals surface area contributed by atoms with Crippen LogP contribution in [0.2, 0.25) is 0 Å². The Balaban J connectivity index is 0.00000625. The van der Waals surface area contributed by atoms with Gasteiger partial charge in [0.15, 0.2) is 5.96 Å². The van der Waals surface area contributed by atoms with Gasteiger partial charge in [0.1, 0.15) is 5.60 Å². The summed E-state index contributed by atoms with van der Waals surface area (Å²) in [6.07, 6.45) is 1.81. The fourth-order valence-corrected chi connectivity index (χ4v) is 2.17. The number of carbonyl (C=O) groups excluding carboxylic acids is 1. The van der Waals surface area contributed by atoms with Crippen LogP contribution in [-0.2, 0) is 14.2 Å². The summed E-state index contributed by atoms with van der Waals surface area (Å²) in [4.78, 5) is 17.6. The van der Waals surface area contributed by atoms with Gasteiger partial charge in [-0.3, -0.25) is 4.99 Å². The SMILES string of the molecule is CN=C(NCCCOC1CCOC1)NCCN(C)C(=O)OC(C)(C)C.I. The zero-order chi connectivity index (χ0) is 18.7. The number of aliphatic imine (C=N–C) groups is 1. The number of halogens is 1. The molecule has 1 aliphatic rings. The smallest absolute Gasteiger partial charge is 0.410 e. The van der Waals surface area contributed by atoms with Gasteiger partial charge in [0.05, 0.1) is 12.7 Å². The van der Waals surface area contributed by atoms with Crippen molar-refractivity contribution in [3.05, 3.63) is 0 Å². The van der Waals surface area contributed by atoms with Gasteiger partial charge in [0, 0.05) is 46.9 Å². The third-order valence-electron chi connectivity index (χ3n) is 3.52. The zero-order valence-corrected chi connectivity index (χ0v) is 19.0. The second kappa shape index (κ2) is 13.4. The lowest BCUT2D eigenvalue weighted by Crippen LogP contribution is -2.43. The molecule has 0 spiro atoms. The lowest BCUT2D eigenvalue weighted by molar-refractivity contribution is 0.0302. The molecule has 0 aliphatic carbocycles. The number of ether oxygens (including phenoxy) is 3. The highest BCUT2D eigenvalue weighted by atomic mass is 127. The summed E-state index contributed by atoms with van der Waals surface area (Å²) < 4.78 is 16.3. The number of guanidine groups is 1. The van der Waals surface area contributed by atoms with Gasteiger partial charge in [-0.15, -0.1) is 24.0 Å². The zero-order valence-electron chi connectivity index (χ0n) is 16.7. The molecule has 26 heavy (non-hydrogen) atoms. The minimum absolute atomic E-state index is 0. The van der Waals surface area contributed by atoms with Crippen LogP contribution in [0.25, 0.3) is 0 Å². The summed E-state index contributed by atoms with van der Waals surface area (Å²) in [5, 5.41) is 6.41. The molecule has 1 aliphatic heterocycles. The van der Waals surface area contributed by atoms with Crippen molar-refractivity contribution >= 4 is 36.0 Å². The summed E-state index contributed by atoms with van der Waals surface area (Å²) in [6.45, 7) is 9.67. The van der Waals surface area contributed by atoms with Crippen LogP contribution >= 0.6 is 24.0 Å². The molecule has 1 unspecified atom stereocenters. The molecule has 154 valence electrons. The minimum atomic E-state index is -0.483. The van der Waals surface area contributed by atoms with Gasteiger partial charge in [-0.25, -0.2) is 4.79 Å². The quantitative estimate of drug-likeness (QED) is 0.236. The minimum Gasteiger partial charge on any atom is -0.444 e. The molecule has 9 heteroatoms. The number of hydrogen-bond acceptors (Lipinski definition) is 5. The molecular formula is C17H35IN4O4. The first-order valence-corrected chi connectivity index (χ1v) is 8.90. The Hall–Kier alpha value is -0.810. The maximum atomic E-state index is 11.9. The summed E-state index contributed by atoms with van der Waals surface area (Å²) in [5.74, 6) is 0.710. The van der Waals surface area contributed by atoms with Gasteiger partial charge in [-0.2, -0.15) is 0 Å². The van der Waals surface area contributed by atoms with Crippen LogP contribution in [0.5, 0.6) is 0 Å². The lowest BCUT2D eigenvalue weighted by atomic mass is 10.2. The van der Waals surface area contributed by atoms with Crippen molar-refractivity contribution in [3.8, 4) is 0 Å². The van der Waals surface area contributed by atoms with E-state index in [4.69, 9.17) is 14.2 Å². The number of rotatable bonds is 8. The van der Waals surface area contributed by atoms with Crippen molar-refractivity contribution in [1.29, 1.82) is 0 Å². The third kappa shape index (κ3) is 11.7. The van der Waals surface area contributed by atoms with Crippen LogP contribution in [0.1, 0.15) is 33.6 Å². The van der Waals surface area contributed by atoms with E-state index in [9.17, 15) is 4.79 Å². The van der Waals surface area contributed by atoms with E-state index in [0.29, 0.717) is 32.3 Å². The maximum Gasteiger partial charge on any atom is 0.410 e. The molecule has 2 N–H and O–H groups in total. The van der Waals surface area contributed by atoms with E-state index in [1.54, 1.807) is 19.0 Å². The highest BCUT2D eigenvalue weighted by Crippen LogP contribution is 2.09. The van der Waals surface area contributed by atoms with Crippen molar-refractivity contribution in [2.45, 2.75) is 45.3 Å². The Bertz CT molecular complexity index is 423. The van der Waals surface area contributed by atoms with Crippen LogP contribution in [0.4, 0.5) is 4.79 Å². The molecule has 0 radical (unpaired) electrons. The molecule has 1 amide bonds. The number of likely N-dealkylation sites (N-methyl/N-ethyl adjacent to an activating group) is 1. The van der Waals surface area contributed by atoms with E-state index in [2.05, 4.69) is 15.6 Å². The van der Waals surface area contributed by atoms with E-state index in [1.165, 1.54) is 0 Å². The molecule has 1 saturated heterocycles. The summed E-state index contributed by atoms with van der Waals surface area (Å²) in [5.41, 5.74) is -0.483. The number of carbonyl (C=O) groups is 1. The van der Waals surface area contributed by atoms with Crippen LogP contribution < -0.4 is 10.6 Å². The Kier molecular flexibility index (Phi) is 13.0. The average Bonchev–Trinajstić information content (AvgIpc) is 3.04. The van der Waals surface area contributed by atoms with Crippen LogP contribution in [0.15, 0.2) is 4.99 Å². The molecule has 1 rings (SSSR count). The van der Waals surface area contributed by atoms with E-state index in [0.717, 1.165) is 26.0 Å². The van der Waals surface area contributed by atoms with Crippen molar-refractivity contribution < 1.29 is 19.0 Å². The van der Waals surface area contributed by atoms with Crippen molar-refractivity contribution in [3.63, 3.8) is 0 Å². The number of nitrogens with zero attached hydrogens (tertiary/aromatic N) is 2. The fraction of sp³-hybridized carbons (Fsp3) is 0.882. The second-order valence-corrected chi connectivity index (χ2v) is 7.04. The predicted molar refractivity (Wildman–Crippen MR) is 113 cm³/mol. The van der Waals surface area contributed by atoms with Gasteiger partial charge < -0.3 is 29.7 Å². The van der Waals surface area contributed by atoms with E-state index in [-0.39, 0.29) is 36.2 Å². The molecule has 0 aromatic heterocycles. The second-order valence-electron chi connectivity index (χ2n) is 7.04. The Labute approximate surface area is 174 Å². The molecule has 1 atom stereocenters. The molecule has 8 nitrogen and oxygen atoms in total. The number of nitrogens with one attached hydrogen (secondary N) is 2. The van der Waals surface area contributed by atoms with Gasteiger partial charge >= 0.3 is 6.09 Å². The highest BCUT2D eigenvalue weighted by Gasteiger charge is 2.19. The van der Waals surface area contributed by atoms with Crippen LogP contribution in [0, 0.1) is 0 Å². The first-order valence-electron chi connectivity index (χ1n) is 8.90. The average molecular weight is 486 g/mol. The Morgan fingerprint density at radius 2 is 2.00 bits per heavy atom.